The summed E-state index contributed by atoms with van der Waals surface area (Å²) in [4.78, 5) is 0. The molecule has 0 fully saturated rings. The molecule has 2 aromatic rings. The van der Waals surface area contributed by atoms with E-state index in [-0.39, 0.29) is 0 Å². The summed E-state index contributed by atoms with van der Waals surface area (Å²) in [6.45, 7) is 5.08. The van der Waals surface area contributed by atoms with Gasteiger partial charge in [0.2, 0.25) is 6.79 Å². The highest BCUT2D eigenvalue weighted by Gasteiger charge is 2.13. The van der Waals surface area contributed by atoms with Crippen LogP contribution in [0, 0.1) is 0 Å². The number of hydrogen-bond donors (Lipinski definition) is 1. The average molecular weight is 289 g/mol. The van der Waals surface area contributed by atoms with Crippen LogP contribution in [-0.4, -0.2) is 13.3 Å². The first-order chi connectivity index (χ1) is 10.4. The number of nitrogens with one attached hydrogen (secondary N) is 1. The predicted molar refractivity (Wildman–Crippen MR) is 77.1 cm³/mol. The minimum atomic E-state index is 0.291. The lowest BCUT2D eigenvalue weighted by atomic mass is 10.2. The zero-order valence-corrected chi connectivity index (χ0v) is 12.1. The van der Waals surface area contributed by atoms with Crippen molar-refractivity contribution in [2.45, 2.75) is 26.7 Å². The lowest BCUT2D eigenvalue weighted by Gasteiger charge is -2.06. The van der Waals surface area contributed by atoms with Crippen LogP contribution in [0.5, 0.6) is 11.5 Å². The minimum absolute atomic E-state index is 0.291. The standard InChI is InChI=1S/C16H19NO4/c1-2-17-8-13-5-6-19-16(13)10-18-9-12-3-4-14-15(7-12)21-11-20-14/h3-7,17H,2,8-11H2,1H3. The molecule has 0 radical (unpaired) electrons. The lowest BCUT2D eigenvalue weighted by Crippen LogP contribution is -2.12. The number of benzene rings is 1. The predicted octanol–water partition coefficient (Wildman–Crippen LogP) is 2.83. The van der Waals surface area contributed by atoms with Gasteiger partial charge in [0, 0.05) is 12.1 Å². The van der Waals surface area contributed by atoms with Crippen molar-refractivity contribution in [1.29, 1.82) is 0 Å². The topological polar surface area (TPSA) is 52.9 Å². The van der Waals surface area contributed by atoms with Crippen molar-refractivity contribution >= 4 is 0 Å². The van der Waals surface area contributed by atoms with E-state index in [9.17, 15) is 0 Å². The van der Waals surface area contributed by atoms with Crippen molar-refractivity contribution in [3.05, 3.63) is 47.4 Å². The molecule has 1 aromatic carbocycles. The van der Waals surface area contributed by atoms with Crippen LogP contribution < -0.4 is 14.8 Å². The fourth-order valence-corrected chi connectivity index (χ4v) is 2.20. The fourth-order valence-electron chi connectivity index (χ4n) is 2.20. The summed E-state index contributed by atoms with van der Waals surface area (Å²) in [7, 11) is 0. The van der Waals surface area contributed by atoms with E-state index in [1.165, 1.54) is 0 Å². The van der Waals surface area contributed by atoms with Crippen molar-refractivity contribution in [1.82, 2.24) is 5.32 Å². The van der Waals surface area contributed by atoms with E-state index < -0.39 is 0 Å². The smallest absolute Gasteiger partial charge is 0.231 e. The van der Waals surface area contributed by atoms with Crippen LogP contribution in [0.4, 0.5) is 0 Å². The molecule has 1 aliphatic rings. The average Bonchev–Trinajstić information content (AvgIpc) is 3.13. The van der Waals surface area contributed by atoms with E-state index in [0.717, 1.165) is 41.5 Å². The highest BCUT2D eigenvalue weighted by molar-refractivity contribution is 5.44. The second-order valence-electron chi connectivity index (χ2n) is 4.83. The first-order valence-corrected chi connectivity index (χ1v) is 7.09. The van der Waals surface area contributed by atoms with Crippen LogP contribution >= 0.6 is 0 Å². The first kappa shape index (κ1) is 14.0. The number of furan rings is 1. The molecule has 1 aliphatic heterocycles. The molecule has 0 atom stereocenters. The van der Waals surface area contributed by atoms with E-state index in [0.29, 0.717) is 20.0 Å². The third-order valence-corrected chi connectivity index (χ3v) is 3.34. The van der Waals surface area contributed by atoms with Crippen molar-refractivity contribution < 1.29 is 18.6 Å². The molecule has 0 bridgehead atoms. The van der Waals surface area contributed by atoms with Crippen LogP contribution in [0.3, 0.4) is 0 Å². The first-order valence-electron chi connectivity index (χ1n) is 7.09. The maximum absolute atomic E-state index is 5.73. The van der Waals surface area contributed by atoms with Gasteiger partial charge in [-0.05, 0) is 30.3 Å². The molecule has 3 rings (SSSR count). The Balaban J connectivity index is 1.53. The summed E-state index contributed by atoms with van der Waals surface area (Å²) in [6.07, 6.45) is 1.70. The summed E-state index contributed by atoms with van der Waals surface area (Å²) in [5.41, 5.74) is 2.20. The monoisotopic (exact) mass is 289 g/mol. The quantitative estimate of drug-likeness (QED) is 0.849. The van der Waals surface area contributed by atoms with Crippen molar-refractivity contribution in [2.24, 2.45) is 0 Å². The van der Waals surface area contributed by atoms with Gasteiger partial charge in [-0.1, -0.05) is 13.0 Å². The molecule has 0 saturated carbocycles. The van der Waals surface area contributed by atoms with Gasteiger partial charge in [-0.25, -0.2) is 0 Å². The van der Waals surface area contributed by atoms with Crippen LogP contribution in [0.1, 0.15) is 23.8 Å². The molecule has 1 aromatic heterocycles. The molecule has 5 heteroatoms. The maximum Gasteiger partial charge on any atom is 0.231 e. The normalized spacial score (nSPS) is 12.8. The van der Waals surface area contributed by atoms with E-state index in [4.69, 9.17) is 18.6 Å². The van der Waals surface area contributed by atoms with Gasteiger partial charge < -0.3 is 23.9 Å². The molecule has 0 unspecified atom stereocenters. The summed E-state index contributed by atoms with van der Waals surface area (Å²) >= 11 is 0. The van der Waals surface area contributed by atoms with Crippen LogP contribution in [0.2, 0.25) is 0 Å². The molecular weight excluding hydrogens is 270 g/mol. The third-order valence-electron chi connectivity index (χ3n) is 3.34. The second kappa shape index (κ2) is 6.65. The van der Waals surface area contributed by atoms with Gasteiger partial charge in [-0.2, -0.15) is 0 Å². The number of rotatable bonds is 7. The molecule has 5 nitrogen and oxygen atoms in total. The highest BCUT2D eigenvalue weighted by Crippen LogP contribution is 2.32. The fraction of sp³-hybridized carbons (Fsp3) is 0.375. The SMILES string of the molecule is CCNCc1ccoc1COCc1ccc2c(c1)OCO2. The number of ether oxygens (including phenoxy) is 3. The molecule has 2 heterocycles. The summed E-state index contributed by atoms with van der Waals surface area (Å²) in [5.74, 6) is 2.44. The Morgan fingerprint density at radius 1 is 1.14 bits per heavy atom. The van der Waals surface area contributed by atoms with Crippen LogP contribution in [-0.2, 0) is 24.5 Å². The highest BCUT2D eigenvalue weighted by atomic mass is 16.7. The lowest BCUT2D eigenvalue weighted by molar-refractivity contribution is 0.0920. The minimum Gasteiger partial charge on any atom is -0.467 e. The van der Waals surface area contributed by atoms with Gasteiger partial charge in [0.1, 0.15) is 12.4 Å². The molecule has 21 heavy (non-hydrogen) atoms. The zero-order valence-electron chi connectivity index (χ0n) is 12.1. The maximum atomic E-state index is 5.73. The Hall–Kier alpha value is -1.98. The Bertz CT molecular complexity index is 594. The largest absolute Gasteiger partial charge is 0.467 e. The Morgan fingerprint density at radius 2 is 2.05 bits per heavy atom. The Labute approximate surface area is 123 Å². The van der Waals surface area contributed by atoms with Crippen LogP contribution in [0.15, 0.2) is 34.9 Å². The number of hydrogen-bond acceptors (Lipinski definition) is 5. The molecule has 1 N–H and O–H groups in total. The molecule has 112 valence electrons. The van der Waals surface area contributed by atoms with E-state index in [2.05, 4.69) is 12.2 Å². The Morgan fingerprint density at radius 3 is 2.95 bits per heavy atom. The third kappa shape index (κ3) is 3.37. The summed E-state index contributed by atoms with van der Waals surface area (Å²) in [6, 6.07) is 7.81. The van der Waals surface area contributed by atoms with Gasteiger partial charge >= 0.3 is 0 Å². The molecular formula is C16H19NO4. The Kier molecular flexibility index (Phi) is 4.43. The van der Waals surface area contributed by atoms with Crippen molar-refractivity contribution in [3.8, 4) is 11.5 Å². The molecule has 0 aliphatic carbocycles. The summed E-state index contributed by atoms with van der Waals surface area (Å²) < 4.78 is 21.8. The van der Waals surface area contributed by atoms with Crippen molar-refractivity contribution in [2.75, 3.05) is 13.3 Å². The van der Waals surface area contributed by atoms with Gasteiger partial charge in [0.15, 0.2) is 11.5 Å². The second-order valence-corrected chi connectivity index (χ2v) is 4.83. The van der Waals surface area contributed by atoms with E-state index >= 15 is 0 Å². The van der Waals surface area contributed by atoms with Gasteiger partial charge in [-0.15, -0.1) is 0 Å². The molecule has 0 saturated heterocycles. The van der Waals surface area contributed by atoms with Crippen LogP contribution in [0.25, 0.3) is 0 Å². The zero-order chi connectivity index (χ0) is 14.5. The molecule has 0 spiro atoms. The van der Waals surface area contributed by atoms with Gasteiger partial charge in [-0.3, -0.25) is 0 Å². The van der Waals surface area contributed by atoms with E-state index in [1.807, 2.05) is 24.3 Å². The van der Waals surface area contributed by atoms with E-state index in [1.54, 1.807) is 6.26 Å². The van der Waals surface area contributed by atoms with Gasteiger partial charge in [0.05, 0.1) is 12.9 Å². The van der Waals surface area contributed by atoms with Gasteiger partial charge in [0.25, 0.3) is 0 Å². The number of fused-ring (bicyclic) bond motifs is 1. The summed E-state index contributed by atoms with van der Waals surface area (Å²) in [5, 5.41) is 3.28. The van der Waals surface area contributed by atoms with Crippen molar-refractivity contribution in [3.63, 3.8) is 0 Å². The molecule has 0 amide bonds.